The van der Waals surface area contributed by atoms with E-state index in [1.807, 2.05) is 6.92 Å². The quantitative estimate of drug-likeness (QED) is 0.756. The first-order valence-electron chi connectivity index (χ1n) is 6.42. The summed E-state index contributed by atoms with van der Waals surface area (Å²) in [6.45, 7) is 5.73. The monoisotopic (exact) mass is 252 g/mol. The maximum absolute atomic E-state index is 11.4. The topological polar surface area (TPSA) is 33.2 Å². The molecule has 0 amide bonds. The van der Waals surface area contributed by atoms with Crippen molar-refractivity contribution in [3.63, 3.8) is 0 Å². The predicted molar refractivity (Wildman–Crippen MR) is 72.2 cm³/mol. The Morgan fingerprint density at radius 1 is 1.18 bits per heavy atom. The average molecular weight is 252 g/mol. The molecule has 0 atom stereocenters. The van der Waals surface area contributed by atoms with Crippen molar-refractivity contribution in [1.82, 2.24) is 4.98 Å². The summed E-state index contributed by atoms with van der Waals surface area (Å²) in [5, 5.41) is 1.04. The maximum atomic E-state index is 11.4. The largest absolute Gasteiger partial charge is 0.348 e. The number of anilines is 1. The minimum atomic E-state index is 0.137. The van der Waals surface area contributed by atoms with Gasteiger partial charge in [0.25, 0.3) is 0 Å². The van der Waals surface area contributed by atoms with Crippen LogP contribution in [0, 0.1) is 6.92 Å². The number of Topliss-reactive ketones (excluding diaryl/α,β-unsaturated/α-hetero) is 1. The molecule has 0 N–H and O–H groups in total. The SMILES string of the molecule is CC(=O)c1sc(N2CCCCCCC2)nc1C. The summed E-state index contributed by atoms with van der Waals surface area (Å²) in [6, 6.07) is 0. The number of aromatic nitrogens is 1. The van der Waals surface area contributed by atoms with Gasteiger partial charge in [-0.05, 0) is 19.8 Å². The summed E-state index contributed by atoms with van der Waals surface area (Å²) >= 11 is 1.56. The van der Waals surface area contributed by atoms with Gasteiger partial charge in [-0.1, -0.05) is 30.6 Å². The van der Waals surface area contributed by atoms with E-state index >= 15 is 0 Å². The van der Waals surface area contributed by atoms with Crippen molar-refractivity contribution in [1.29, 1.82) is 0 Å². The molecule has 17 heavy (non-hydrogen) atoms. The van der Waals surface area contributed by atoms with Gasteiger partial charge in [0, 0.05) is 20.0 Å². The number of hydrogen-bond donors (Lipinski definition) is 0. The van der Waals surface area contributed by atoms with Crippen LogP contribution in [0.2, 0.25) is 0 Å². The molecular formula is C13H20N2OS. The molecular weight excluding hydrogens is 232 g/mol. The zero-order valence-corrected chi connectivity index (χ0v) is 11.5. The maximum Gasteiger partial charge on any atom is 0.186 e. The van der Waals surface area contributed by atoms with Crippen LogP contribution in [0.1, 0.15) is 54.4 Å². The van der Waals surface area contributed by atoms with Crippen LogP contribution in [0.15, 0.2) is 0 Å². The fraction of sp³-hybridized carbons (Fsp3) is 0.692. The molecule has 0 bridgehead atoms. The van der Waals surface area contributed by atoms with Gasteiger partial charge in [-0.15, -0.1) is 0 Å². The Bertz CT molecular complexity index is 392. The van der Waals surface area contributed by atoms with Crippen LogP contribution in [0.5, 0.6) is 0 Å². The van der Waals surface area contributed by atoms with E-state index in [1.165, 1.54) is 32.1 Å². The van der Waals surface area contributed by atoms with Crippen LogP contribution in [0.25, 0.3) is 0 Å². The molecule has 1 aliphatic rings. The highest BCUT2D eigenvalue weighted by Crippen LogP contribution is 2.27. The number of nitrogens with zero attached hydrogens (tertiary/aromatic N) is 2. The molecule has 94 valence electrons. The van der Waals surface area contributed by atoms with Crippen LogP contribution in [-0.2, 0) is 0 Å². The Hall–Kier alpha value is -0.900. The third kappa shape index (κ3) is 3.06. The fourth-order valence-electron chi connectivity index (χ4n) is 2.28. The van der Waals surface area contributed by atoms with Gasteiger partial charge in [0.15, 0.2) is 10.9 Å². The molecule has 4 heteroatoms. The van der Waals surface area contributed by atoms with Crippen molar-refractivity contribution in [3.05, 3.63) is 10.6 Å². The average Bonchev–Trinajstić information content (AvgIpc) is 2.59. The lowest BCUT2D eigenvalue weighted by Gasteiger charge is -2.23. The Kier molecular flexibility index (Phi) is 4.15. The molecule has 3 nitrogen and oxygen atoms in total. The van der Waals surface area contributed by atoms with Crippen LogP contribution in [0.4, 0.5) is 5.13 Å². The van der Waals surface area contributed by atoms with Gasteiger partial charge in [0.05, 0.1) is 10.6 Å². The van der Waals surface area contributed by atoms with Gasteiger partial charge >= 0.3 is 0 Å². The Morgan fingerprint density at radius 2 is 1.76 bits per heavy atom. The highest BCUT2D eigenvalue weighted by molar-refractivity contribution is 7.17. The second-order valence-corrected chi connectivity index (χ2v) is 5.70. The number of carbonyl (C=O) groups excluding carboxylic acids is 1. The lowest BCUT2D eigenvalue weighted by atomic mass is 10.1. The van der Waals surface area contributed by atoms with Gasteiger partial charge in [-0.25, -0.2) is 4.98 Å². The van der Waals surface area contributed by atoms with Crippen LogP contribution < -0.4 is 4.90 Å². The summed E-state index contributed by atoms with van der Waals surface area (Å²) in [5.74, 6) is 0.137. The normalized spacial score (nSPS) is 17.6. The molecule has 0 spiro atoms. The van der Waals surface area contributed by atoms with Crippen molar-refractivity contribution in [2.24, 2.45) is 0 Å². The molecule has 1 aliphatic heterocycles. The van der Waals surface area contributed by atoms with Crippen molar-refractivity contribution >= 4 is 22.3 Å². The third-order valence-corrected chi connectivity index (χ3v) is 4.55. The molecule has 0 aliphatic carbocycles. The summed E-state index contributed by atoms with van der Waals surface area (Å²) < 4.78 is 0. The zero-order chi connectivity index (χ0) is 12.3. The number of carbonyl (C=O) groups is 1. The minimum absolute atomic E-state index is 0.137. The van der Waals surface area contributed by atoms with Gasteiger partial charge in [0.2, 0.25) is 0 Å². The van der Waals surface area contributed by atoms with Crippen molar-refractivity contribution in [2.75, 3.05) is 18.0 Å². The van der Waals surface area contributed by atoms with Crippen LogP contribution in [-0.4, -0.2) is 23.9 Å². The highest BCUT2D eigenvalue weighted by atomic mass is 32.1. The standard InChI is InChI=1S/C13H20N2OS/c1-10-12(11(2)16)17-13(14-10)15-8-6-4-3-5-7-9-15/h3-9H2,1-2H3. The number of ketones is 1. The van der Waals surface area contributed by atoms with Crippen molar-refractivity contribution in [3.8, 4) is 0 Å². The molecule has 0 aromatic carbocycles. The molecule has 1 aromatic rings. The Labute approximate surface area is 107 Å². The van der Waals surface area contributed by atoms with Crippen molar-refractivity contribution in [2.45, 2.75) is 46.0 Å². The number of thiazole rings is 1. The minimum Gasteiger partial charge on any atom is -0.348 e. The highest BCUT2D eigenvalue weighted by Gasteiger charge is 2.17. The fourth-order valence-corrected chi connectivity index (χ4v) is 3.30. The van der Waals surface area contributed by atoms with Gasteiger partial charge in [0.1, 0.15) is 0 Å². The van der Waals surface area contributed by atoms with E-state index in [0.717, 1.165) is 28.8 Å². The molecule has 0 unspecified atom stereocenters. The summed E-state index contributed by atoms with van der Waals surface area (Å²) in [7, 11) is 0. The number of aryl methyl sites for hydroxylation is 1. The first kappa shape index (κ1) is 12.6. The van der Waals surface area contributed by atoms with E-state index in [1.54, 1.807) is 18.3 Å². The molecule has 1 aromatic heterocycles. The summed E-state index contributed by atoms with van der Waals surface area (Å²) in [6.07, 6.45) is 6.49. The van der Waals surface area contributed by atoms with Crippen LogP contribution >= 0.6 is 11.3 Å². The Balaban J connectivity index is 2.14. The molecule has 0 saturated carbocycles. The first-order valence-corrected chi connectivity index (χ1v) is 7.23. The smallest absolute Gasteiger partial charge is 0.186 e. The van der Waals surface area contributed by atoms with E-state index in [-0.39, 0.29) is 5.78 Å². The van der Waals surface area contributed by atoms with Gasteiger partial charge in [-0.3, -0.25) is 4.79 Å². The molecule has 1 saturated heterocycles. The zero-order valence-electron chi connectivity index (χ0n) is 10.7. The van der Waals surface area contributed by atoms with Gasteiger partial charge < -0.3 is 4.90 Å². The van der Waals surface area contributed by atoms with E-state index < -0.39 is 0 Å². The molecule has 0 radical (unpaired) electrons. The molecule has 2 heterocycles. The Morgan fingerprint density at radius 3 is 2.29 bits per heavy atom. The van der Waals surface area contributed by atoms with E-state index in [9.17, 15) is 4.79 Å². The summed E-state index contributed by atoms with van der Waals surface area (Å²) in [4.78, 5) is 19.2. The van der Waals surface area contributed by atoms with E-state index in [2.05, 4.69) is 9.88 Å². The first-order chi connectivity index (χ1) is 8.18. The second-order valence-electron chi connectivity index (χ2n) is 4.72. The lowest BCUT2D eigenvalue weighted by Crippen LogP contribution is -2.26. The van der Waals surface area contributed by atoms with E-state index in [4.69, 9.17) is 0 Å². The summed E-state index contributed by atoms with van der Waals surface area (Å²) in [5.41, 5.74) is 0.888. The number of hydrogen-bond acceptors (Lipinski definition) is 4. The molecule has 1 fully saturated rings. The van der Waals surface area contributed by atoms with Crippen molar-refractivity contribution < 1.29 is 4.79 Å². The van der Waals surface area contributed by atoms with Gasteiger partial charge in [-0.2, -0.15) is 0 Å². The number of rotatable bonds is 2. The van der Waals surface area contributed by atoms with E-state index in [0.29, 0.717) is 0 Å². The lowest BCUT2D eigenvalue weighted by molar-refractivity contribution is 0.102. The van der Waals surface area contributed by atoms with Crippen LogP contribution in [0.3, 0.4) is 0 Å². The molecule has 2 rings (SSSR count). The second kappa shape index (κ2) is 5.63. The third-order valence-electron chi connectivity index (χ3n) is 3.23. The predicted octanol–water partition coefficient (Wildman–Crippen LogP) is 3.42.